The zero-order valence-electron chi connectivity index (χ0n) is 9.22. The molecule has 0 spiro atoms. The van der Waals surface area contributed by atoms with Gasteiger partial charge in [-0.3, -0.25) is 4.79 Å². The summed E-state index contributed by atoms with van der Waals surface area (Å²) in [6.45, 7) is 0. The fourth-order valence-corrected chi connectivity index (χ4v) is 4.22. The Morgan fingerprint density at radius 3 is 3.06 bits per heavy atom. The Morgan fingerprint density at radius 2 is 2.28 bits per heavy atom. The van der Waals surface area contributed by atoms with Crippen LogP contribution in [0.25, 0.3) is 0 Å². The molecule has 0 aliphatic carbocycles. The maximum absolute atomic E-state index is 12.2. The summed E-state index contributed by atoms with van der Waals surface area (Å²) in [5.41, 5.74) is 1.12. The summed E-state index contributed by atoms with van der Waals surface area (Å²) in [7, 11) is 0. The normalized spacial score (nSPS) is 17.5. The first-order valence-electron chi connectivity index (χ1n) is 5.38. The Kier molecular flexibility index (Phi) is 3.41. The van der Waals surface area contributed by atoms with Gasteiger partial charge in [-0.2, -0.15) is 0 Å². The number of hydrogen-bond acceptors (Lipinski definition) is 4. The van der Waals surface area contributed by atoms with Gasteiger partial charge >= 0.3 is 0 Å². The van der Waals surface area contributed by atoms with E-state index in [1.54, 1.807) is 18.0 Å². The van der Waals surface area contributed by atoms with Crippen LogP contribution in [0, 0.1) is 0 Å². The van der Waals surface area contributed by atoms with E-state index in [0.29, 0.717) is 5.13 Å². The minimum absolute atomic E-state index is 0.0225. The number of thiazole rings is 1. The maximum atomic E-state index is 12.2. The van der Waals surface area contributed by atoms with E-state index >= 15 is 0 Å². The summed E-state index contributed by atoms with van der Waals surface area (Å²) in [4.78, 5) is 17.5. The number of carbonyl (C=O) groups is 1. The number of fused-ring (bicyclic) bond motifs is 1. The molecule has 1 unspecified atom stereocenters. The van der Waals surface area contributed by atoms with Crippen molar-refractivity contribution in [1.82, 2.24) is 4.98 Å². The van der Waals surface area contributed by atoms with Gasteiger partial charge in [-0.15, -0.1) is 11.8 Å². The summed E-state index contributed by atoms with van der Waals surface area (Å²) in [5.74, 6) is 0.751. The molecule has 1 aliphatic rings. The predicted octanol–water partition coefficient (Wildman–Crippen LogP) is 3.73. The highest BCUT2D eigenvalue weighted by Gasteiger charge is 2.29. The fourth-order valence-electron chi connectivity index (χ4n) is 1.88. The number of aromatic nitrogens is 1. The molecule has 1 N–H and O–H groups in total. The van der Waals surface area contributed by atoms with Crippen LogP contribution in [0.4, 0.5) is 5.13 Å². The molecule has 1 aromatic carbocycles. The topological polar surface area (TPSA) is 42.0 Å². The molecule has 0 saturated heterocycles. The van der Waals surface area contributed by atoms with Crippen molar-refractivity contribution in [3.8, 4) is 0 Å². The standard InChI is InChI=1S/C12H9BrN2OS2/c13-10-5-14-12(18-10)15-11(16)8-6-17-9-4-2-1-3-7(8)9/h1-5,8H,6H2,(H,14,15,16). The highest BCUT2D eigenvalue weighted by Crippen LogP contribution is 2.40. The first-order valence-corrected chi connectivity index (χ1v) is 7.97. The van der Waals surface area contributed by atoms with Gasteiger partial charge < -0.3 is 5.32 Å². The van der Waals surface area contributed by atoms with Crippen molar-refractivity contribution in [2.24, 2.45) is 0 Å². The van der Waals surface area contributed by atoms with Crippen LogP contribution in [-0.4, -0.2) is 16.6 Å². The summed E-state index contributed by atoms with van der Waals surface area (Å²) in [5, 5.41) is 3.51. The van der Waals surface area contributed by atoms with Gasteiger partial charge in [-0.1, -0.05) is 29.5 Å². The van der Waals surface area contributed by atoms with Crippen LogP contribution in [0.3, 0.4) is 0 Å². The Hall–Kier alpha value is -0.850. The van der Waals surface area contributed by atoms with Crippen molar-refractivity contribution in [1.29, 1.82) is 0 Å². The Labute approximate surface area is 121 Å². The number of hydrogen-bond donors (Lipinski definition) is 1. The number of nitrogens with zero attached hydrogens (tertiary/aromatic N) is 1. The lowest BCUT2D eigenvalue weighted by molar-refractivity contribution is -0.117. The Balaban J connectivity index is 1.78. The van der Waals surface area contributed by atoms with Gasteiger partial charge in [0.05, 0.1) is 15.9 Å². The lowest BCUT2D eigenvalue weighted by atomic mass is 10.0. The molecule has 1 aromatic heterocycles. The molecule has 0 bridgehead atoms. The number of carbonyl (C=O) groups excluding carboxylic acids is 1. The second kappa shape index (κ2) is 5.03. The second-order valence-corrected chi connectivity index (χ2v) is 7.33. The van der Waals surface area contributed by atoms with Crippen LogP contribution in [0.1, 0.15) is 11.5 Å². The number of anilines is 1. The SMILES string of the molecule is O=C(Nc1ncc(Br)s1)C1CSc2ccccc21. The number of amides is 1. The van der Waals surface area contributed by atoms with E-state index in [4.69, 9.17) is 0 Å². The molecule has 1 amide bonds. The largest absolute Gasteiger partial charge is 0.301 e. The van der Waals surface area contributed by atoms with Gasteiger partial charge in [0.25, 0.3) is 0 Å². The molecule has 3 nitrogen and oxygen atoms in total. The van der Waals surface area contributed by atoms with Crippen molar-refractivity contribution in [2.45, 2.75) is 10.8 Å². The van der Waals surface area contributed by atoms with E-state index in [0.717, 1.165) is 15.1 Å². The van der Waals surface area contributed by atoms with Crippen molar-refractivity contribution in [2.75, 3.05) is 11.1 Å². The van der Waals surface area contributed by atoms with Gasteiger partial charge in [-0.05, 0) is 27.6 Å². The summed E-state index contributed by atoms with van der Waals surface area (Å²) in [6.07, 6.45) is 1.69. The Bertz CT molecular complexity index is 599. The molecule has 2 aromatic rings. The van der Waals surface area contributed by atoms with E-state index in [1.807, 2.05) is 18.2 Å². The van der Waals surface area contributed by atoms with Crippen LogP contribution in [-0.2, 0) is 4.79 Å². The summed E-state index contributed by atoms with van der Waals surface area (Å²) < 4.78 is 0.916. The molecule has 18 heavy (non-hydrogen) atoms. The number of nitrogens with one attached hydrogen (secondary N) is 1. The molecule has 0 radical (unpaired) electrons. The molecule has 2 heterocycles. The molecule has 0 fully saturated rings. The van der Waals surface area contributed by atoms with Crippen LogP contribution in [0.2, 0.25) is 0 Å². The third-order valence-corrected chi connectivity index (χ3v) is 5.30. The van der Waals surface area contributed by atoms with E-state index in [-0.39, 0.29) is 11.8 Å². The van der Waals surface area contributed by atoms with Crippen molar-refractivity contribution in [3.05, 3.63) is 39.8 Å². The molecular weight excluding hydrogens is 332 g/mol. The average molecular weight is 341 g/mol. The van der Waals surface area contributed by atoms with Crippen molar-refractivity contribution in [3.63, 3.8) is 0 Å². The van der Waals surface area contributed by atoms with Gasteiger partial charge in [0.2, 0.25) is 5.91 Å². The van der Waals surface area contributed by atoms with Gasteiger partial charge in [0.15, 0.2) is 5.13 Å². The fraction of sp³-hybridized carbons (Fsp3) is 0.167. The van der Waals surface area contributed by atoms with E-state index in [1.165, 1.54) is 16.2 Å². The van der Waals surface area contributed by atoms with E-state index in [2.05, 4.69) is 32.3 Å². The molecule has 92 valence electrons. The Morgan fingerprint density at radius 1 is 1.44 bits per heavy atom. The predicted molar refractivity (Wildman–Crippen MR) is 78.4 cm³/mol. The smallest absolute Gasteiger partial charge is 0.234 e. The van der Waals surface area contributed by atoms with Crippen LogP contribution in [0.15, 0.2) is 39.1 Å². The lowest BCUT2D eigenvalue weighted by Gasteiger charge is -2.09. The molecule has 1 atom stereocenters. The first kappa shape index (κ1) is 12.2. The van der Waals surface area contributed by atoms with Gasteiger partial charge in [0, 0.05) is 10.6 Å². The minimum atomic E-state index is -0.0751. The highest BCUT2D eigenvalue weighted by molar-refractivity contribution is 9.11. The van der Waals surface area contributed by atoms with Crippen LogP contribution < -0.4 is 5.32 Å². The zero-order valence-corrected chi connectivity index (χ0v) is 12.4. The second-order valence-electron chi connectivity index (χ2n) is 3.86. The molecule has 0 saturated carbocycles. The maximum Gasteiger partial charge on any atom is 0.234 e. The average Bonchev–Trinajstić information content (AvgIpc) is 2.95. The van der Waals surface area contributed by atoms with E-state index < -0.39 is 0 Å². The number of benzene rings is 1. The first-order chi connectivity index (χ1) is 8.74. The molecule has 1 aliphatic heterocycles. The molecule has 6 heteroatoms. The third-order valence-electron chi connectivity index (χ3n) is 2.72. The number of halogens is 1. The van der Waals surface area contributed by atoms with Crippen molar-refractivity contribution >= 4 is 50.1 Å². The number of thioether (sulfide) groups is 1. The summed E-state index contributed by atoms with van der Waals surface area (Å²) >= 11 is 6.49. The lowest BCUT2D eigenvalue weighted by Crippen LogP contribution is -2.20. The van der Waals surface area contributed by atoms with E-state index in [9.17, 15) is 4.79 Å². The molecule has 3 rings (SSSR count). The van der Waals surface area contributed by atoms with Crippen LogP contribution >= 0.6 is 39.0 Å². The van der Waals surface area contributed by atoms with Gasteiger partial charge in [-0.25, -0.2) is 4.98 Å². The number of rotatable bonds is 2. The summed E-state index contributed by atoms with van der Waals surface area (Å²) in [6, 6.07) is 8.07. The van der Waals surface area contributed by atoms with Crippen molar-refractivity contribution < 1.29 is 4.79 Å². The molecular formula is C12H9BrN2OS2. The third kappa shape index (κ3) is 2.32. The quantitative estimate of drug-likeness (QED) is 0.905. The monoisotopic (exact) mass is 340 g/mol. The van der Waals surface area contributed by atoms with Crippen LogP contribution in [0.5, 0.6) is 0 Å². The highest BCUT2D eigenvalue weighted by atomic mass is 79.9. The minimum Gasteiger partial charge on any atom is -0.301 e. The van der Waals surface area contributed by atoms with Gasteiger partial charge in [0.1, 0.15) is 0 Å². The zero-order chi connectivity index (χ0) is 12.5.